The SMILES string of the molecule is COP(=O)(CP(=O)(O)O)OC[C@@H]1CC[C@H](n2nnc3c(N[C@H]4CCc5ccccc54)nc(Cl)nc32)O1. The zero-order chi connectivity index (χ0) is 25.5. The highest BCUT2D eigenvalue weighted by Gasteiger charge is 2.36. The van der Waals surface area contributed by atoms with Crippen molar-refractivity contribution < 1.29 is 32.7 Å². The van der Waals surface area contributed by atoms with Gasteiger partial charge in [0.1, 0.15) is 0 Å². The average Bonchev–Trinajstić information content (AvgIpc) is 3.55. The molecular weight excluding hydrogens is 534 g/mol. The van der Waals surface area contributed by atoms with E-state index in [0.29, 0.717) is 29.8 Å². The molecular formula is C20H25ClN6O7P2. The Morgan fingerprint density at radius 3 is 2.81 bits per heavy atom. The van der Waals surface area contributed by atoms with Crippen molar-refractivity contribution in [3.05, 3.63) is 40.7 Å². The summed E-state index contributed by atoms with van der Waals surface area (Å²) in [5.41, 5.74) is 3.36. The van der Waals surface area contributed by atoms with Gasteiger partial charge in [-0.05, 0) is 48.4 Å². The van der Waals surface area contributed by atoms with Crippen molar-refractivity contribution in [1.82, 2.24) is 25.0 Å². The lowest BCUT2D eigenvalue weighted by atomic mass is 10.1. The highest BCUT2D eigenvalue weighted by atomic mass is 35.5. The zero-order valence-corrected chi connectivity index (χ0v) is 21.8. The third-order valence-corrected chi connectivity index (χ3v) is 10.3. The van der Waals surface area contributed by atoms with Gasteiger partial charge in [-0.25, -0.2) is 0 Å². The van der Waals surface area contributed by atoms with Crippen LogP contribution in [0.4, 0.5) is 5.82 Å². The molecule has 0 radical (unpaired) electrons. The number of ether oxygens (including phenoxy) is 1. The normalized spacial score (nSPS) is 23.6. The summed E-state index contributed by atoms with van der Waals surface area (Å²) in [7, 11) is -7.48. The Kier molecular flexibility index (Phi) is 7.19. The lowest BCUT2D eigenvalue weighted by molar-refractivity contribution is -0.0243. The molecule has 1 aliphatic carbocycles. The first-order valence-electron chi connectivity index (χ1n) is 11.3. The first-order valence-corrected chi connectivity index (χ1v) is 15.2. The molecule has 36 heavy (non-hydrogen) atoms. The van der Waals surface area contributed by atoms with Crippen LogP contribution in [0.1, 0.15) is 42.7 Å². The predicted molar refractivity (Wildman–Crippen MR) is 130 cm³/mol. The second-order valence-corrected chi connectivity index (χ2v) is 13.3. The molecule has 4 atom stereocenters. The van der Waals surface area contributed by atoms with E-state index in [2.05, 4.69) is 37.7 Å². The van der Waals surface area contributed by atoms with Gasteiger partial charge in [0.05, 0.1) is 18.8 Å². The van der Waals surface area contributed by atoms with Crippen LogP contribution >= 0.6 is 26.8 Å². The molecule has 1 unspecified atom stereocenters. The number of anilines is 1. The molecule has 194 valence electrons. The smallest absolute Gasteiger partial charge is 0.342 e. The summed E-state index contributed by atoms with van der Waals surface area (Å²) in [6, 6.07) is 8.30. The van der Waals surface area contributed by atoms with Crippen molar-refractivity contribution in [3.8, 4) is 0 Å². The summed E-state index contributed by atoms with van der Waals surface area (Å²) in [5.74, 6) is -0.522. The van der Waals surface area contributed by atoms with Gasteiger partial charge in [0.2, 0.25) is 5.28 Å². The number of rotatable bonds is 9. The Balaban J connectivity index is 1.30. The standard InChI is InChI=1S/C20H25ClN6O7P2/c1-32-36(31,11-35(28,29)30)33-10-13-7-9-16(34-13)27-19-17(25-26-27)18(23-20(21)24-19)22-15-8-6-12-4-2-3-5-14(12)15/h2-5,13,15-16H,6-11H2,1H3,(H,22,23,24)(H2,28,29,30)/t13-,15-,16+,36?/m0/s1. The van der Waals surface area contributed by atoms with E-state index < -0.39 is 33.4 Å². The van der Waals surface area contributed by atoms with Crippen molar-refractivity contribution in [3.63, 3.8) is 0 Å². The highest BCUT2D eigenvalue weighted by molar-refractivity contribution is 7.70. The van der Waals surface area contributed by atoms with Crippen molar-refractivity contribution in [2.45, 2.75) is 44.1 Å². The van der Waals surface area contributed by atoms with E-state index in [-0.39, 0.29) is 17.9 Å². The van der Waals surface area contributed by atoms with E-state index >= 15 is 0 Å². The van der Waals surface area contributed by atoms with Crippen LogP contribution in [-0.2, 0) is 29.3 Å². The van der Waals surface area contributed by atoms with Crippen molar-refractivity contribution in [2.24, 2.45) is 0 Å². The second-order valence-electron chi connectivity index (χ2n) is 8.67. The fourth-order valence-electron chi connectivity index (χ4n) is 4.53. The van der Waals surface area contributed by atoms with E-state index in [1.165, 1.54) is 15.8 Å². The van der Waals surface area contributed by atoms with Crippen molar-refractivity contribution in [1.29, 1.82) is 0 Å². The largest absolute Gasteiger partial charge is 0.361 e. The number of aromatic nitrogens is 5. The summed E-state index contributed by atoms with van der Waals surface area (Å²) >= 11 is 6.24. The topological polar surface area (TPSA) is 171 Å². The molecule has 2 aromatic heterocycles. The molecule has 13 nitrogen and oxygen atoms in total. The minimum atomic E-state index is -4.59. The molecule has 1 aliphatic heterocycles. The van der Waals surface area contributed by atoms with Gasteiger partial charge < -0.3 is 28.9 Å². The minimum Gasteiger partial charge on any atom is -0.361 e. The lowest BCUT2D eigenvalue weighted by Gasteiger charge is -2.19. The summed E-state index contributed by atoms with van der Waals surface area (Å²) in [6.07, 6.45) is 1.89. The van der Waals surface area contributed by atoms with Crippen LogP contribution in [0.3, 0.4) is 0 Å². The number of hydrogen-bond donors (Lipinski definition) is 3. The van der Waals surface area contributed by atoms with Crippen molar-refractivity contribution in [2.75, 3.05) is 24.9 Å². The molecule has 16 heteroatoms. The summed E-state index contributed by atoms with van der Waals surface area (Å²) in [6.45, 7) is -0.169. The van der Waals surface area contributed by atoms with Gasteiger partial charge in [-0.15, -0.1) is 5.10 Å². The fraction of sp³-hybridized carbons (Fsp3) is 0.500. The molecule has 1 saturated heterocycles. The monoisotopic (exact) mass is 558 g/mol. The van der Waals surface area contributed by atoms with Crippen LogP contribution in [0.25, 0.3) is 11.2 Å². The zero-order valence-electron chi connectivity index (χ0n) is 19.2. The number of hydrogen-bond acceptors (Lipinski definition) is 10. The number of nitrogens with one attached hydrogen (secondary N) is 1. The number of fused-ring (bicyclic) bond motifs is 2. The maximum atomic E-state index is 12.5. The van der Waals surface area contributed by atoms with Gasteiger partial charge in [0.25, 0.3) is 0 Å². The van der Waals surface area contributed by atoms with Crippen LogP contribution in [0.5, 0.6) is 0 Å². The molecule has 0 amide bonds. The van der Waals surface area contributed by atoms with Gasteiger partial charge in [-0.2, -0.15) is 14.6 Å². The summed E-state index contributed by atoms with van der Waals surface area (Å²) in [4.78, 5) is 26.9. The van der Waals surface area contributed by atoms with E-state index in [9.17, 15) is 9.13 Å². The van der Waals surface area contributed by atoms with Gasteiger partial charge in [0, 0.05) is 7.11 Å². The first kappa shape index (κ1) is 25.7. The third-order valence-electron chi connectivity index (χ3n) is 6.19. The molecule has 3 N–H and O–H groups in total. The van der Waals surface area contributed by atoms with E-state index in [1.54, 1.807) is 0 Å². The van der Waals surface area contributed by atoms with E-state index in [0.717, 1.165) is 20.0 Å². The molecule has 0 saturated carbocycles. The first-order chi connectivity index (χ1) is 17.1. The molecule has 3 aromatic rings. The highest BCUT2D eigenvalue weighted by Crippen LogP contribution is 2.58. The van der Waals surface area contributed by atoms with Crippen molar-refractivity contribution >= 4 is 43.8 Å². The second kappa shape index (κ2) is 10.1. The van der Waals surface area contributed by atoms with Crippen LogP contribution in [0.15, 0.2) is 24.3 Å². The number of halogens is 1. The van der Waals surface area contributed by atoms with Crippen LogP contribution in [-0.4, -0.2) is 60.5 Å². The fourth-order valence-corrected chi connectivity index (χ4v) is 7.79. The predicted octanol–water partition coefficient (Wildman–Crippen LogP) is 3.64. The summed E-state index contributed by atoms with van der Waals surface area (Å²) < 4.78 is 41.2. The van der Waals surface area contributed by atoms with E-state index in [4.69, 9.17) is 35.2 Å². The molecule has 1 fully saturated rings. The lowest BCUT2D eigenvalue weighted by Crippen LogP contribution is -2.18. The molecule has 0 bridgehead atoms. The van der Waals surface area contributed by atoms with Crippen LogP contribution in [0.2, 0.25) is 5.28 Å². The molecule has 5 rings (SSSR count). The molecule has 3 heterocycles. The summed E-state index contributed by atoms with van der Waals surface area (Å²) in [5, 5.41) is 12.0. The Labute approximate surface area is 211 Å². The molecule has 0 spiro atoms. The van der Waals surface area contributed by atoms with Gasteiger partial charge in [-0.1, -0.05) is 29.5 Å². The number of aryl methyl sites for hydroxylation is 1. The van der Waals surface area contributed by atoms with Gasteiger partial charge in [0.15, 0.2) is 29.1 Å². The number of benzene rings is 1. The van der Waals surface area contributed by atoms with E-state index in [1.807, 2.05) is 12.1 Å². The Morgan fingerprint density at radius 1 is 1.22 bits per heavy atom. The van der Waals surface area contributed by atoms with Crippen LogP contribution in [0, 0.1) is 0 Å². The van der Waals surface area contributed by atoms with Gasteiger partial charge >= 0.3 is 15.2 Å². The Bertz CT molecular complexity index is 1370. The number of nitrogens with zero attached hydrogens (tertiary/aromatic N) is 5. The van der Waals surface area contributed by atoms with Crippen LogP contribution < -0.4 is 5.32 Å². The Morgan fingerprint density at radius 2 is 2.03 bits per heavy atom. The molecule has 2 aliphatic rings. The minimum absolute atomic E-state index is 0.0381. The quantitative estimate of drug-likeness (QED) is 0.257. The maximum Gasteiger partial charge on any atom is 0.342 e. The average molecular weight is 559 g/mol. The molecule has 1 aromatic carbocycles. The maximum absolute atomic E-state index is 12.5. The van der Waals surface area contributed by atoms with Gasteiger partial charge in [-0.3, -0.25) is 9.13 Å². The Hall–Kier alpha value is -1.95. The third kappa shape index (κ3) is 5.49.